The Morgan fingerprint density at radius 3 is 2.64 bits per heavy atom. The van der Waals surface area contributed by atoms with Gasteiger partial charge in [0.2, 0.25) is 0 Å². The second kappa shape index (κ2) is 6.70. The van der Waals surface area contributed by atoms with Crippen molar-refractivity contribution in [1.29, 1.82) is 0 Å². The largest absolute Gasteiger partial charge is 0.480 e. The van der Waals surface area contributed by atoms with E-state index in [-0.39, 0.29) is 11.9 Å². The molecule has 1 atom stereocenters. The molecule has 6 heteroatoms. The topological polar surface area (TPSA) is 75.4 Å². The molecule has 1 unspecified atom stereocenters. The Bertz CT molecular complexity index is 794. The van der Waals surface area contributed by atoms with Crippen LogP contribution in [0.5, 0.6) is 0 Å². The van der Waals surface area contributed by atoms with Gasteiger partial charge in [-0.25, -0.2) is 4.79 Å². The monoisotopic (exact) mass is 341 g/mol. The molecule has 0 aromatic carbocycles. The number of hydrogen-bond acceptors (Lipinski definition) is 3. The highest BCUT2D eigenvalue weighted by Gasteiger charge is 2.39. The first-order chi connectivity index (χ1) is 11.9. The van der Waals surface area contributed by atoms with Crippen molar-refractivity contribution in [2.45, 2.75) is 52.2 Å². The van der Waals surface area contributed by atoms with Gasteiger partial charge in [0.25, 0.3) is 5.91 Å². The van der Waals surface area contributed by atoms with Crippen LogP contribution >= 0.6 is 0 Å². The lowest BCUT2D eigenvalue weighted by Gasteiger charge is -2.26. The van der Waals surface area contributed by atoms with Crippen LogP contribution in [0.1, 0.15) is 47.2 Å². The number of carbonyl (C=O) groups is 2. The van der Waals surface area contributed by atoms with E-state index in [2.05, 4.69) is 4.98 Å². The number of carboxylic acid groups (broad SMARTS) is 1. The van der Waals surface area contributed by atoms with E-state index in [1.54, 1.807) is 13.1 Å². The van der Waals surface area contributed by atoms with Gasteiger partial charge in [-0.15, -0.1) is 0 Å². The number of nitrogens with zero attached hydrogens (tertiary/aromatic N) is 3. The van der Waals surface area contributed by atoms with Crippen molar-refractivity contribution in [2.75, 3.05) is 0 Å². The maximum absolute atomic E-state index is 13.0. The zero-order chi connectivity index (χ0) is 18.1. The predicted octanol–water partition coefficient (Wildman–Crippen LogP) is 2.63. The van der Waals surface area contributed by atoms with Gasteiger partial charge in [0, 0.05) is 23.6 Å². The van der Waals surface area contributed by atoms with E-state index in [1.165, 1.54) is 4.90 Å². The van der Waals surface area contributed by atoms with Crippen molar-refractivity contribution >= 4 is 11.9 Å². The highest BCUT2D eigenvalue weighted by atomic mass is 16.4. The summed E-state index contributed by atoms with van der Waals surface area (Å²) in [6, 6.07) is 6.82. The van der Waals surface area contributed by atoms with Gasteiger partial charge in [-0.3, -0.25) is 9.78 Å². The number of aliphatic carboxylic acids is 1. The van der Waals surface area contributed by atoms with Crippen molar-refractivity contribution in [3.8, 4) is 0 Å². The lowest BCUT2D eigenvalue weighted by atomic mass is 10.1. The Kier molecular flexibility index (Phi) is 4.61. The highest BCUT2D eigenvalue weighted by Crippen LogP contribution is 2.31. The smallest absolute Gasteiger partial charge is 0.326 e. The molecule has 2 aromatic rings. The van der Waals surface area contributed by atoms with Gasteiger partial charge in [0.1, 0.15) is 6.04 Å². The molecule has 0 spiro atoms. The van der Waals surface area contributed by atoms with Crippen LogP contribution in [0.3, 0.4) is 0 Å². The Labute approximate surface area is 147 Å². The predicted molar refractivity (Wildman–Crippen MR) is 93.5 cm³/mol. The van der Waals surface area contributed by atoms with Gasteiger partial charge < -0.3 is 14.6 Å². The molecule has 1 fully saturated rings. The number of rotatable bonds is 6. The van der Waals surface area contributed by atoms with Gasteiger partial charge in [-0.1, -0.05) is 6.07 Å². The summed E-state index contributed by atoms with van der Waals surface area (Å²) in [5, 5.41) is 9.34. The summed E-state index contributed by atoms with van der Waals surface area (Å²) >= 11 is 0. The summed E-state index contributed by atoms with van der Waals surface area (Å²) in [5.74, 6) is -1.17. The molecule has 0 saturated heterocycles. The molecule has 1 N–H and O–H groups in total. The fourth-order valence-corrected chi connectivity index (χ4v) is 3.18. The molecule has 6 nitrogen and oxygen atoms in total. The van der Waals surface area contributed by atoms with Crippen LogP contribution in [0.4, 0.5) is 0 Å². The van der Waals surface area contributed by atoms with Crippen molar-refractivity contribution in [3.05, 3.63) is 53.1 Å². The molecule has 3 rings (SSSR count). The first-order valence-corrected chi connectivity index (χ1v) is 8.52. The van der Waals surface area contributed by atoms with Crippen LogP contribution in [0.15, 0.2) is 30.5 Å². The number of amides is 1. The second-order valence-corrected chi connectivity index (χ2v) is 6.65. The third-order valence-electron chi connectivity index (χ3n) is 4.80. The average Bonchev–Trinajstić information content (AvgIpc) is 3.38. The van der Waals surface area contributed by atoms with Crippen LogP contribution in [0, 0.1) is 13.8 Å². The maximum atomic E-state index is 13.0. The van der Waals surface area contributed by atoms with Gasteiger partial charge in [0.05, 0.1) is 17.8 Å². The Morgan fingerprint density at radius 2 is 2.08 bits per heavy atom. The molecule has 2 aromatic heterocycles. The molecule has 0 bridgehead atoms. The normalized spacial score (nSPS) is 15.0. The fourth-order valence-electron chi connectivity index (χ4n) is 3.18. The molecule has 132 valence electrons. The van der Waals surface area contributed by atoms with E-state index in [0.29, 0.717) is 12.1 Å². The maximum Gasteiger partial charge on any atom is 0.326 e. The minimum Gasteiger partial charge on any atom is -0.480 e. The summed E-state index contributed by atoms with van der Waals surface area (Å²) in [6.07, 6.45) is 3.49. The molecule has 1 saturated carbocycles. The van der Waals surface area contributed by atoms with E-state index >= 15 is 0 Å². The van der Waals surface area contributed by atoms with Crippen LogP contribution in [-0.4, -0.2) is 43.5 Å². The van der Waals surface area contributed by atoms with Crippen LogP contribution in [0.25, 0.3) is 0 Å². The summed E-state index contributed by atoms with van der Waals surface area (Å²) in [7, 11) is 0. The van der Waals surface area contributed by atoms with Crippen molar-refractivity contribution in [1.82, 2.24) is 14.5 Å². The van der Waals surface area contributed by atoms with E-state index in [0.717, 1.165) is 29.9 Å². The molecule has 1 aliphatic rings. The van der Waals surface area contributed by atoms with E-state index in [1.807, 2.05) is 42.7 Å². The number of pyridine rings is 1. The molecule has 2 heterocycles. The first kappa shape index (κ1) is 17.2. The van der Waals surface area contributed by atoms with Crippen LogP contribution in [0.2, 0.25) is 0 Å². The van der Waals surface area contributed by atoms with Crippen LogP contribution in [-0.2, 0) is 11.3 Å². The van der Waals surface area contributed by atoms with E-state index in [4.69, 9.17) is 0 Å². The van der Waals surface area contributed by atoms with Crippen molar-refractivity contribution in [3.63, 3.8) is 0 Å². The molecular weight excluding hydrogens is 318 g/mol. The number of carboxylic acids is 1. The zero-order valence-electron chi connectivity index (χ0n) is 14.8. The number of aryl methyl sites for hydroxylation is 1. The van der Waals surface area contributed by atoms with Gasteiger partial charge in [-0.2, -0.15) is 0 Å². The molecule has 1 amide bonds. The SMILES string of the molecule is Cc1cc(C(=O)N(C2CC2)C(C)C(=O)O)c(C)n1Cc1ccccn1. The highest BCUT2D eigenvalue weighted by molar-refractivity contribution is 5.98. The Hall–Kier alpha value is -2.63. The number of hydrogen-bond donors (Lipinski definition) is 1. The summed E-state index contributed by atoms with van der Waals surface area (Å²) in [6.45, 7) is 6.02. The zero-order valence-corrected chi connectivity index (χ0v) is 14.8. The minimum absolute atomic E-state index is 0.0393. The minimum atomic E-state index is -0.970. The van der Waals surface area contributed by atoms with E-state index < -0.39 is 12.0 Å². The quantitative estimate of drug-likeness (QED) is 0.876. The lowest BCUT2D eigenvalue weighted by Crippen LogP contribution is -2.44. The van der Waals surface area contributed by atoms with E-state index in [9.17, 15) is 14.7 Å². The molecule has 0 radical (unpaired) electrons. The van der Waals surface area contributed by atoms with Gasteiger partial charge in [-0.05, 0) is 51.8 Å². The first-order valence-electron chi connectivity index (χ1n) is 8.52. The number of carbonyl (C=O) groups excluding carboxylic acids is 1. The third kappa shape index (κ3) is 3.43. The standard InChI is InChI=1S/C19H23N3O3/c1-12-10-17(13(2)21(12)11-15-6-4-5-9-20-15)18(23)22(16-7-8-16)14(3)19(24)25/h4-6,9-10,14,16H,7-8,11H2,1-3H3,(H,24,25). The van der Waals surface area contributed by atoms with Gasteiger partial charge in [0.15, 0.2) is 0 Å². The molecule has 1 aliphatic carbocycles. The molecular formula is C19H23N3O3. The van der Waals surface area contributed by atoms with Gasteiger partial charge >= 0.3 is 5.97 Å². The fraction of sp³-hybridized carbons (Fsp3) is 0.421. The molecule has 0 aliphatic heterocycles. The second-order valence-electron chi connectivity index (χ2n) is 6.65. The summed E-state index contributed by atoms with van der Waals surface area (Å²) in [5.41, 5.74) is 3.30. The third-order valence-corrected chi connectivity index (χ3v) is 4.80. The Morgan fingerprint density at radius 1 is 1.36 bits per heavy atom. The molecule has 25 heavy (non-hydrogen) atoms. The average molecular weight is 341 g/mol. The van der Waals surface area contributed by atoms with Crippen LogP contribution < -0.4 is 0 Å². The summed E-state index contributed by atoms with van der Waals surface area (Å²) in [4.78, 5) is 30.3. The Balaban J connectivity index is 1.91. The van der Waals surface area contributed by atoms with Crippen molar-refractivity contribution < 1.29 is 14.7 Å². The van der Waals surface area contributed by atoms with Crippen molar-refractivity contribution in [2.24, 2.45) is 0 Å². The lowest BCUT2D eigenvalue weighted by molar-refractivity contribution is -0.141. The number of aromatic nitrogens is 2. The summed E-state index contributed by atoms with van der Waals surface area (Å²) < 4.78 is 2.05.